The first-order valence-electron chi connectivity index (χ1n) is 9.36. The van der Waals surface area contributed by atoms with Crippen molar-refractivity contribution in [3.05, 3.63) is 46.8 Å². The van der Waals surface area contributed by atoms with Crippen molar-refractivity contribution in [1.29, 1.82) is 0 Å². The molecule has 30 heavy (non-hydrogen) atoms. The van der Waals surface area contributed by atoms with Crippen LogP contribution in [-0.2, 0) is 27.9 Å². The van der Waals surface area contributed by atoms with Gasteiger partial charge in [0.1, 0.15) is 0 Å². The number of hydrogen-bond donors (Lipinski definition) is 2. The fourth-order valence-corrected chi connectivity index (χ4v) is 3.06. The molecular formula is C20H23N5O5. The summed E-state index contributed by atoms with van der Waals surface area (Å²) in [6.45, 7) is 5.08. The summed E-state index contributed by atoms with van der Waals surface area (Å²) in [5.74, 6) is -1.49. The third kappa shape index (κ3) is 4.32. The Morgan fingerprint density at radius 1 is 1.30 bits per heavy atom. The Labute approximate surface area is 173 Å². The van der Waals surface area contributed by atoms with Crippen LogP contribution < -0.4 is 10.6 Å². The molecule has 3 rings (SSSR count). The van der Waals surface area contributed by atoms with Gasteiger partial charge in [-0.05, 0) is 38.5 Å². The molecule has 1 aromatic heterocycles. The molecule has 158 valence electrons. The minimum Gasteiger partial charge on any atom is -0.449 e. The van der Waals surface area contributed by atoms with Crippen LogP contribution in [0.5, 0.6) is 0 Å². The largest absolute Gasteiger partial charge is 0.449 e. The van der Waals surface area contributed by atoms with Crippen molar-refractivity contribution in [2.24, 2.45) is 7.05 Å². The fourth-order valence-electron chi connectivity index (χ4n) is 3.06. The van der Waals surface area contributed by atoms with Gasteiger partial charge in [-0.25, -0.2) is 9.59 Å². The summed E-state index contributed by atoms with van der Waals surface area (Å²) < 4.78 is 6.94. The van der Waals surface area contributed by atoms with E-state index in [9.17, 15) is 19.2 Å². The molecule has 10 nitrogen and oxygen atoms in total. The first-order chi connectivity index (χ1) is 14.2. The third-order valence-corrected chi connectivity index (χ3v) is 4.85. The molecule has 2 N–H and O–H groups in total. The van der Waals surface area contributed by atoms with Crippen molar-refractivity contribution in [1.82, 2.24) is 20.0 Å². The lowest BCUT2D eigenvalue weighted by Crippen LogP contribution is -2.31. The number of carbonyl (C=O) groups is 4. The molecule has 0 spiro atoms. The van der Waals surface area contributed by atoms with Crippen LogP contribution in [-0.4, -0.2) is 51.1 Å². The lowest BCUT2D eigenvalue weighted by atomic mass is 10.1. The van der Waals surface area contributed by atoms with E-state index < -0.39 is 24.0 Å². The molecular weight excluding hydrogens is 390 g/mol. The van der Waals surface area contributed by atoms with E-state index in [1.54, 1.807) is 30.8 Å². The van der Waals surface area contributed by atoms with Gasteiger partial charge >= 0.3 is 12.0 Å². The number of carbonyl (C=O) groups excluding carboxylic acids is 4. The van der Waals surface area contributed by atoms with E-state index in [0.717, 1.165) is 10.6 Å². The maximum atomic E-state index is 12.5. The van der Waals surface area contributed by atoms with E-state index in [1.807, 2.05) is 6.92 Å². The highest BCUT2D eigenvalue weighted by molar-refractivity contribution is 6.02. The smallest absolute Gasteiger partial charge is 0.338 e. The van der Waals surface area contributed by atoms with Crippen LogP contribution in [0.2, 0.25) is 0 Å². The predicted octanol–water partition coefficient (Wildman–Crippen LogP) is 1.27. The van der Waals surface area contributed by atoms with Gasteiger partial charge in [0.05, 0.1) is 35.7 Å². The summed E-state index contributed by atoms with van der Waals surface area (Å²) in [4.78, 5) is 49.4. The molecule has 4 amide bonds. The van der Waals surface area contributed by atoms with Gasteiger partial charge in [-0.1, -0.05) is 12.1 Å². The molecule has 1 atom stereocenters. The minimum atomic E-state index is -1.04. The van der Waals surface area contributed by atoms with Gasteiger partial charge in [0.2, 0.25) is 5.91 Å². The Hall–Kier alpha value is -3.69. The zero-order valence-corrected chi connectivity index (χ0v) is 17.2. The van der Waals surface area contributed by atoms with E-state index in [-0.39, 0.29) is 24.6 Å². The quantitative estimate of drug-likeness (QED) is 0.543. The summed E-state index contributed by atoms with van der Waals surface area (Å²) in [6, 6.07) is 5.91. The van der Waals surface area contributed by atoms with E-state index in [2.05, 4.69) is 15.7 Å². The highest BCUT2D eigenvalue weighted by Gasteiger charge is 2.28. The SMILES string of the molecule is Cc1nn(C)c(C)c1NC(=O)C(C)OC(=O)c1cccc(CN2C(=O)CNC2=O)c1. The predicted molar refractivity (Wildman–Crippen MR) is 107 cm³/mol. The van der Waals surface area contributed by atoms with E-state index in [0.29, 0.717) is 16.9 Å². The lowest BCUT2D eigenvalue weighted by Gasteiger charge is -2.15. The van der Waals surface area contributed by atoms with Crippen molar-refractivity contribution in [3.8, 4) is 0 Å². The number of imide groups is 1. The maximum absolute atomic E-state index is 12.5. The van der Waals surface area contributed by atoms with Gasteiger partial charge in [0.25, 0.3) is 5.91 Å². The lowest BCUT2D eigenvalue weighted by molar-refractivity contribution is -0.125. The van der Waals surface area contributed by atoms with Gasteiger partial charge in [0, 0.05) is 7.05 Å². The summed E-state index contributed by atoms with van der Waals surface area (Å²) in [5.41, 5.74) is 2.84. The number of amides is 4. The number of urea groups is 1. The Balaban J connectivity index is 1.64. The second-order valence-electron chi connectivity index (χ2n) is 7.05. The van der Waals surface area contributed by atoms with Gasteiger partial charge in [-0.15, -0.1) is 0 Å². The highest BCUT2D eigenvalue weighted by Crippen LogP contribution is 2.19. The molecule has 1 aliphatic heterocycles. The molecule has 1 aliphatic rings. The number of nitrogens with one attached hydrogen (secondary N) is 2. The molecule has 2 heterocycles. The first kappa shape index (κ1) is 21.0. The maximum Gasteiger partial charge on any atom is 0.338 e. The van der Waals surface area contributed by atoms with Crippen LogP contribution >= 0.6 is 0 Å². The zero-order chi connectivity index (χ0) is 22.0. The van der Waals surface area contributed by atoms with Gasteiger partial charge in [-0.2, -0.15) is 5.10 Å². The first-order valence-corrected chi connectivity index (χ1v) is 9.36. The normalized spacial score (nSPS) is 14.5. The number of benzene rings is 1. The number of aryl methyl sites for hydroxylation is 2. The van der Waals surface area contributed by atoms with Crippen LogP contribution in [0.3, 0.4) is 0 Å². The highest BCUT2D eigenvalue weighted by atomic mass is 16.5. The standard InChI is InChI=1S/C20H23N5O5/c1-11-17(12(2)24(4)23-11)22-18(27)13(3)30-19(28)15-7-5-6-14(8-15)10-25-16(26)9-21-20(25)29/h5-8,13H,9-10H2,1-4H3,(H,21,29)(H,22,27). The molecule has 10 heteroatoms. The average molecular weight is 413 g/mol. The Morgan fingerprint density at radius 2 is 2.03 bits per heavy atom. The van der Waals surface area contributed by atoms with Crippen LogP contribution in [0.25, 0.3) is 0 Å². The number of hydrogen-bond acceptors (Lipinski definition) is 6. The topological polar surface area (TPSA) is 123 Å². The second kappa shape index (κ2) is 8.36. The summed E-state index contributed by atoms with van der Waals surface area (Å²) >= 11 is 0. The number of anilines is 1. The van der Waals surface area contributed by atoms with Crippen LogP contribution in [0.4, 0.5) is 10.5 Å². The number of nitrogens with zero attached hydrogens (tertiary/aromatic N) is 3. The molecule has 2 aromatic rings. The number of ether oxygens (including phenoxy) is 1. The number of esters is 1. The van der Waals surface area contributed by atoms with Gasteiger partial charge < -0.3 is 15.4 Å². The van der Waals surface area contributed by atoms with Crippen molar-refractivity contribution < 1.29 is 23.9 Å². The van der Waals surface area contributed by atoms with Crippen LogP contribution in [0.15, 0.2) is 24.3 Å². The van der Waals surface area contributed by atoms with Crippen molar-refractivity contribution >= 4 is 29.5 Å². The molecule has 0 saturated carbocycles. The fraction of sp³-hybridized carbons (Fsp3) is 0.350. The average Bonchev–Trinajstić information content (AvgIpc) is 3.15. The molecule has 0 aliphatic carbocycles. The van der Waals surface area contributed by atoms with Crippen molar-refractivity contribution in [3.63, 3.8) is 0 Å². The molecule has 1 saturated heterocycles. The Bertz CT molecular complexity index is 1010. The molecule has 0 radical (unpaired) electrons. The second-order valence-corrected chi connectivity index (χ2v) is 7.05. The van der Waals surface area contributed by atoms with Gasteiger partial charge in [0.15, 0.2) is 6.10 Å². The molecule has 1 unspecified atom stereocenters. The molecule has 1 aromatic carbocycles. The zero-order valence-electron chi connectivity index (χ0n) is 17.2. The van der Waals surface area contributed by atoms with E-state index in [4.69, 9.17) is 4.74 Å². The summed E-state index contributed by atoms with van der Waals surface area (Å²) in [6.07, 6.45) is -1.04. The minimum absolute atomic E-state index is 0.0386. The molecule has 0 bridgehead atoms. The van der Waals surface area contributed by atoms with Crippen molar-refractivity contribution in [2.75, 3.05) is 11.9 Å². The number of aromatic nitrogens is 2. The summed E-state index contributed by atoms with van der Waals surface area (Å²) in [5, 5.41) is 9.41. The third-order valence-electron chi connectivity index (χ3n) is 4.85. The molecule has 1 fully saturated rings. The Morgan fingerprint density at radius 3 is 2.63 bits per heavy atom. The van der Waals surface area contributed by atoms with E-state index in [1.165, 1.54) is 19.1 Å². The van der Waals surface area contributed by atoms with Crippen LogP contribution in [0, 0.1) is 13.8 Å². The summed E-state index contributed by atoms with van der Waals surface area (Å²) in [7, 11) is 1.77. The van der Waals surface area contributed by atoms with E-state index >= 15 is 0 Å². The Kier molecular flexibility index (Phi) is 5.86. The number of rotatable bonds is 6. The van der Waals surface area contributed by atoms with Crippen molar-refractivity contribution in [2.45, 2.75) is 33.4 Å². The monoisotopic (exact) mass is 413 g/mol. The van der Waals surface area contributed by atoms with Crippen LogP contribution in [0.1, 0.15) is 34.2 Å². The van der Waals surface area contributed by atoms with Gasteiger partial charge in [-0.3, -0.25) is 19.2 Å².